The average Bonchev–Trinajstić information content (AvgIpc) is 3.15. The Bertz CT molecular complexity index is 689. The molecule has 1 aromatic heterocycles. The molecule has 1 atom stereocenters. The van der Waals surface area contributed by atoms with Crippen molar-refractivity contribution in [2.75, 3.05) is 33.7 Å². The van der Waals surface area contributed by atoms with E-state index in [1.807, 2.05) is 26.8 Å². The van der Waals surface area contributed by atoms with Gasteiger partial charge in [0.25, 0.3) is 0 Å². The molecule has 148 valence electrons. The van der Waals surface area contributed by atoms with Crippen molar-refractivity contribution in [2.24, 2.45) is 10.9 Å². The van der Waals surface area contributed by atoms with E-state index < -0.39 is 5.92 Å². The van der Waals surface area contributed by atoms with Gasteiger partial charge in [-0.1, -0.05) is 13.0 Å². The number of rotatable bonds is 8. The zero-order valence-electron chi connectivity index (χ0n) is 16.7. The van der Waals surface area contributed by atoms with Crippen molar-refractivity contribution in [3.05, 3.63) is 22.4 Å². The van der Waals surface area contributed by atoms with Crippen molar-refractivity contribution in [1.29, 1.82) is 0 Å². The van der Waals surface area contributed by atoms with E-state index >= 15 is 0 Å². The zero-order chi connectivity index (χ0) is 20.1. The molecule has 2 heterocycles. The quantitative estimate of drug-likeness (QED) is 0.401. The van der Waals surface area contributed by atoms with Crippen LogP contribution in [0.25, 0.3) is 0 Å². The average molecular weight is 410 g/mol. The summed E-state index contributed by atoms with van der Waals surface area (Å²) in [5, 5.41) is 2.36. The third kappa shape index (κ3) is 4.44. The van der Waals surface area contributed by atoms with Gasteiger partial charge in [0.15, 0.2) is 11.0 Å². The minimum Gasteiger partial charge on any atom is -0.331 e. The second kappa shape index (κ2) is 9.52. The van der Waals surface area contributed by atoms with E-state index in [0.717, 1.165) is 0 Å². The number of hydrogen-bond acceptors (Lipinski definition) is 5. The fourth-order valence-corrected chi connectivity index (χ4v) is 4.67. The van der Waals surface area contributed by atoms with Crippen molar-refractivity contribution in [2.45, 2.75) is 33.2 Å². The normalized spacial score (nSPS) is 18.0. The van der Waals surface area contributed by atoms with Crippen molar-refractivity contribution in [3.63, 3.8) is 0 Å². The van der Waals surface area contributed by atoms with Crippen LogP contribution in [0.4, 0.5) is 0 Å². The molecule has 1 N–H and O–H groups in total. The number of carbonyl (C=O) groups excluding carboxylic acids is 2. The van der Waals surface area contributed by atoms with Crippen LogP contribution in [0.1, 0.15) is 38.1 Å². The maximum atomic E-state index is 13.0. The number of thiophene rings is 1. The molecule has 2 amide bonds. The summed E-state index contributed by atoms with van der Waals surface area (Å²) in [7, 11) is 4.19. The molecule has 27 heavy (non-hydrogen) atoms. The Hall–Kier alpha value is -1.64. The molecule has 0 bridgehead atoms. The van der Waals surface area contributed by atoms with Gasteiger partial charge in [-0.3, -0.25) is 24.4 Å². The Morgan fingerprint density at radius 3 is 2.22 bits per heavy atom. The minimum atomic E-state index is -0.859. The summed E-state index contributed by atoms with van der Waals surface area (Å²) >= 11 is 7.05. The maximum Gasteiger partial charge on any atom is 0.247 e. The SMILES string of the molecule is CCC(=NC[C@H](c1cccs1)[NH+](C)C)C1C(=O)N(CC)C(=S)N(CC)C1=O. The molecule has 1 aromatic rings. The molecule has 1 aliphatic heterocycles. The van der Waals surface area contributed by atoms with E-state index in [2.05, 4.69) is 25.5 Å². The predicted molar refractivity (Wildman–Crippen MR) is 113 cm³/mol. The van der Waals surface area contributed by atoms with E-state index in [1.54, 1.807) is 11.3 Å². The van der Waals surface area contributed by atoms with E-state index in [4.69, 9.17) is 17.2 Å². The third-order valence-electron chi connectivity index (χ3n) is 4.88. The highest BCUT2D eigenvalue weighted by Crippen LogP contribution is 2.22. The molecular weight excluding hydrogens is 380 g/mol. The standard InChI is InChI=1S/C19H28N4O2S2/c1-6-13(20-12-14(21(4)5)15-10-9-11-27-15)16-17(24)22(7-2)19(26)23(8-3)18(16)25/h9-11,14,16H,6-8,12H2,1-5H3/p+1/t14-/m1/s1. The number of nitrogens with one attached hydrogen (secondary N) is 1. The van der Waals surface area contributed by atoms with Gasteiger partial charge in [0, 0.05) is 18.8 Å². The van der Waals surface area contributed by atoms with E-state index in [-0.39, 0.29) is 17.9 Å². The first-order valence-electron chi connectivity index (χ1n) is 9.40. The molecule has 1 fully saturated rings. The molecule has 0 spiro atoms. The molecule has 2 rings (SSSR count). The molecule has 1 saturated heterocycles. The number of hydrogen-bond donors (Lipinski definition) is 1. The Morgan fingerprint density at radius 2 is 1.81 bits per heavy atom. The molecular formula is C19H29N4O2S2+. The number of quaternary nitrogens is 1. The molecule has 0 saturated carbocycles. The second-order valence-electron chi connectivity index (χ2n) is 6.71. The summed E-state index contributed by atoms with van der Waals surface area (Å²) < 4.78 is 0. The van der Waals surface area contributed by atoms with Crippen molar-refractivity contribution < 1.29 is 14.5 Å². The Labute approximate surface area is 170 Å². The Morgan fingerprint density at radius 1 is 1.22 bits per heavy atom. The number of carbonyl (C=O) groups is 2. The van der Waals surface area contributed by atoms with Crippen molar-refractivity contribution in [1.82, 2.24) is 9.80 Å². The number of aliphatic imine (C=N–C) groups is 1. The van der Waals surface area contributed by atoms with E-state index in [1.165, 1.54) is 19.6 Å². The highest BCUT2D eigenvalue weighted by molar-refractivity contribution is 7.80. The van der Waals surface area contributed by atoms with Crippen LogP contribution in [-0.2, 0) is 9.59 Å². The third-order valence-corrected chi connectivity index (χ3v) is 6.30. The predicted octanol–water partition coefficient (Wildman–Crippen LogP) is 1.40. The first-order valence-corrected chi connectivity index (χ1v) is 10.7. The molecule has 0 aliphatic carbocycles. The number of likely N-dealkylation sites (N-methyl/N-ethyl adjacent to an activating group) is 1. The van der Waals surface area contributed by atoms with Gasteiger partial charge in [-0.2, -0.15) is 0 Å². The molecule has 0 unspecified atom stereocenters. The van der Waals surface area contributed by atoms with Crippen LogP contribution in [-0.4, -0.2) is 66.2 Å². The lowest BCUT2D eigenvalue weighted by Gasteiger charge is -2.38. The van der Waals surface area contributed by atoms with E-state index in [9.17, 15) is 9.59 Å². The van der Waals surface area contributed by atoms with Crippen LogP contribution in [0.3, 0.4) is 0 Å². The van der Waals surface area contributed by atoms with Gasteiger partial charge < -0.3 is 4.90 Å². The van der Waals surface area contributed by atoms with Gasteiger partial charge in [0.2, 0.25) is 11.8 Å². The highest BCUT2D eigenvalue weighted by atomic mass is 32.1. The molecule has 6 nitrogen and oxygen atoms in total. The summed E-state index contributed by atoms with van der Waals surface area (Å²) in [6.07, 6.45) is 0.559. The molecule has 8 heteroatoms. The summed E-state index contributed by atoms with van der Waals surface area (Å²) in [5.74, 6) is -1.35. The van der Waals surface area contributed by atoms with Crippen molar-refractivity contribution >= 4 is 46.2 Å². The monoisotopic (exact) mass is 409 g/mol. The lowest BCUT2D eigenvalue weighted by molar-refractivity contribution is -0.890. The first-order chi connectivity index (χ1) is 12.9. The summed E-state index contributed by atoms with van der Waals surface area (Å²) in [6.45, 7) is 7.14. The first kappa shape index (κ1) is 21.7. The summed E-state index contributed by atoms with van der Waals surface area (Å²) in [6, 6.07) is 4.34. The van der Waals surface area contributed by atoms with Crippen LogP contribution in [0, 0.1) is 5.92 Å². The van der Waals surface area contributed by atoms with E-state index in [0.29, 0.717) is 36.9 Å². The Balaban J connectivity index is 2.33. The van der Waals surface area contributed by atoms with Crippen LogP contribution in [0.2, 0.25) is 0 Å². The minimum absolute atomic E-state index is 0.200. The van der Waals surface area contributed by atoms with Crippen LogP contribution >= 0.6 is 23.6 Å². The van der Waals surface area contributed by atoms with Gasteiger partial charge in [-0.05, 0) is 43.9 Å². The maximum absolute atomic E-state index is 13.0. The fraction of sp³-hybridized carbons (Fsp3) is 0.579. The fourth-order valence-electron chi connectivity index (χ4n) is 3.28. The lowest BCUT2D eigenvalue weighted by atomic mass is 9.95. The Kier molecular flexibility index (Phi) is 7.64. The van der Waals surface area contributed by atoms with Crippen LogP contribution < -0.4 is 4.90 Å². The number of nitrogens with zero attached hydrogens (tertiary/aromatic N) is 3. The van der Waals surface area contributed by atoms with Gasteiger partial charge in [0.1, 0.15) is 6.04 Å². The number of amides is 2. The van der Waals surface area contributed by atoms with Gasteiger partial charge in [0.05, 0.1) is 25.5 Å². The highest BCUT2D eigenvalue weighted by Gasteiger charge is 2.44. The van der Waals surface area contributed by atoms with Crippen molar-refractivity contribution in [3.8, 4) is 0 Å². The van der Waals surface area contributed by atoms with Crippen LogP contribution in [0.5, 0.6) is 0 Å². The van der Waals surface area contributed by atoms with Gasteiger partial charge in [-0.25, -0.2) is 0 Å². The largest absolute Gasteiger partial charge is 0.331 e. The summed E-state index contributed by atoms with van der Waals surface area (Å²) in [5.41, 5.74) is 0.646. The molecule has 0 aromatic carbocycles. The van der Waals surface area contributed by atoms with Crippen LogP contribution in [0.15, 0.2) is 22.5 Å². The lowest BCUT2D eigenvalue weighted by Crippen LogP contribution is -3.06. The molecule has 0 radical (unpaired) electrons. The summed E-state index contributed by atoms with van der Waals surface area (Å²) in [4.78, 5) is 36.2. The zero-order valence-corrected chi connectivity index (χ0v) is 18.3. The smallest absolute Gasteiger partial charge is 0.247 e. The number of thiocarbonyl (C=S) groups is 1. The van der Waals surface area contributed by atoms with Gasteiger partial charge >= 0.3 is 0 Å². The van der Waals surface area contributed by atoms with Gasteiger partial charge in [-0.15, -0.1) is 11.3 Å². The second-order valence-corrected chi connectivity index (χ2v) is 8.06. The molecule has 1 aliphatic rings. The topological polar surface area (TPSA) is 57.4 Å².